The van der Waals surface area contributed by atoms with E-state index in [1.165, 1.54) is 0 Å². The largest absolute Gasteiger partial charge is 0.507 e. The fourth-order valence-corrected chi connectivity index (χ4v) is 4.28. The van der Waals surface area contributed by atoms with E-state index in [4.69, 9.17) is 25.0 Å². The van der Waals surface area contributed by atoms with Crippen LogP contribution in [-0.2, 0) is 0 Å². The Labute approximate surface area is 171 Å². The second-order valence-electron chi connectivity index (χ2n) is 7.43. The first-order chi connectivity index (χ1) is 13.9. The Balaban J connectivity index is 1.59. The number of benzene rings is 1. The van der Waals surface area contributed by atoms with Crippen molar-refractivity contribution in [3.63, 3.8) is 0 Å². The quantitative estimate of drug-likeness (QED) is 0.415. The minimum atomic E-state index is 0.113. The molecule has 2 aliphatic heterocycles. The number of fused-ring (bicyclic) bond motifs is 2. The number of hydrogen-bond donors (Lipinski definition) is 4. The molecule has 0 amide bonds. The van der Waals surface area contributed by atoms with Gasteiger partial charge in [-0.3, -0.25) is 4.98 Å². The number of likely N-dealkylation sites (tertiary alicyclic amines) is 1. The highest BCUT2D eigenvalue weighted by Gasteiger charge is 2.41. The van der Waals surface area contributed by atoms with Crippen LogP contribution in [0.3, 0.4) is 0 Å². The lowest BCUT2D eigenvalue weighted by atomic mass is 10.1. The van der Waals surface area contributed by atoms with E-state index in [-0.39, 0.29) is 29.4 Å². The Bertz CT molecular complexity index is 959. The van der Waals surface area contributed by atoms with Gasteiger partial charge in [-0.15, -0.1) is 0 Å². The molecule has 148 valence electrons. The topological polar surface area (TPSA) is 131 Å². The minimum absolute atomic E-state index is 0.113. The molecule has 4 rings (SSSR count). The molecule has 1 aromatic carbocycles. The van der Waals surface area contributed by atoms with Crippen molar-refractivity contribution >= 4 is 25.1 Å². The predicted octanol–water partition coefficient (Wildman–Crippen LogP) is -0.285. The van der Waals surface area contributed by atoms with Crippen LogP contribution in [0.2, 0.25) is 0 Å². The van der Waals surface area contributed by atoms with E-state index in [9.17, 15) is 5.11 Å². The molecule has 3 heterocycles. The molecular weight excluding hydrogens is 365 g/mol. The number of piperazine rings is 1. The number of nitrogens with two attached hydrogens (primary N) is 3. The molecule has 2 fully saturated rings. The summed E-state index contributed by atoms with van der Waals surface area (Å²) in [4.78, 5) is 12.9. The Morgan fingerprint density at radius 3 is 2.41 bits per heavy atom. The van der Waals surface area contributed by atoms with Crippen LogP contribution in [0, 0.1) is 0 Å². The highest BCUT2D eigenvalue weighted by Crippen LogP contribution is 2.35. The summed E-state index contributed by atoms with van der Waals surface area (Å²) in [5.41, 5.74) is 20.2. The summed E-state index contributed by atoms with van der Waals surface area (Å²) < 4.78 is 0. The third-order valence-electron chi connectivity index (χ3n) is 5.55. The lowest BCUT2D eigenvalue weighted by Gasteiger charge is -2.43. The number of phenolic OH excluding ortho intramolecular Hbond substituents is 1. The number of para-hydroxylation sites is 1. The van der Waals surface area contributed by atoms with Gasteiger partial charge in [-0.2, -0.15) is 0 Å². The molecule has 2 radical (unpaired) electrons. The van der Waals surface area contributed by atoms with Crippen LogP contribution >= 0.6 is 0 Å². The molecule has 7 N–H and O–H groups in total. The first-order valence-corrected chi connectivity index (χ1v) is 9.56. The monoisotopic (exact) mass is 389 g/mol. The molecule has 2 unspecified atom stereocenters. The van der Waals surface area contributed by atoms with E-state index >= 15 is 0 Å². The fourth-order valence-electron chi connectivity index (χ4n) is 4.28. The van der Waals surface area contributed by atoms with Gasteiger partial charge >= 0.3 is 0 Å². The van der Waals surface area contributed by atoms with Gasteiger partial charge in [0.25, 0.3) is 0 Å². The number of anilines is 1. The van der Waals surface area contributed by atoms with Gasteiger partial charge in [0.05, 0.1) is 11.4 Å². The molecule has 0 saturated carbocycles. The van der Waals surface area contributed by atoms with Gasteiger partial charge in [0.2, 0.25) is 0 Å². The van der Waals surface area contributed by atoms with Crippen LogP contribution in [0.1, 0.15) is 18.4 Å². The van der Waals surface area contributed by atoms with Gasteiger partial charge < -0.3 is 32.1 Å². The summed E-state index contributed by atoms with van der Waals surface area (Å²) in [5, 5.41) is 10.1. The van der Waals surface area contributed by atoms with Crippen molar-refractivity contribution in [2.24, 2.45) is 17.2 Å². The zero-order valence-electron chi connectivity index (χ0n) is 16.1. The number of hydrogen-bond acceptors (Lipinski definition) is 8. The van der Waals surface area contributed by atoms with Crippen LogP contribution in [0.15, 0.2) is 54.1 Å². The standard InChI is InChI=1S/C20H24BN7O/c21-20-25-8-7-18(26-20)28-12-5-6-13(28)11-27(10-12)16(19(23)24)9-15(22)14-3-1-2-4-17(14)29/h1-4,7-9,12-13,29H,5-6,10-11,22-24H2/b15-9-. The Kier molecular flexibility index (Phi) is 4.96. The van der Waals surface area contributed by atoms with Gasteiger partial charge in [-0.25, -0.2) is 4.98 Å². The number of aromatic hydroxyl groups is 1. The summed E-state index contributed by atoms with van der Waals surface area (Å²) in [6.45, 7) is 1.47. The Hall–Kier alpha value is -3.36. The van der Waals surface area contributed by atoms with E-state index in [0.717, 1.165) is 31.7 Å². The van der Waals surface area contributed by atoms with Crippen molar-refractivity contribution in [3.05, 3.63) is 59.7 Å². The lowest BCUT2D eigenvalue weighted by Crippen LogP contribution is -2.54. The molecule has 29 heavy (non-hydrogen) atoms. The molecular formula is C20H24BN7O. The maximum Gasteiger partial charge on any atom is 0.170 e. The van der Waals surface area contributed by atoms with Crippen LogP contribution in [-0.4, -0.2) is 53.0 Å². The van der Waals surface area contributed by atoms with Crippen LogP contribution in [0.25, 0.3) is 5.70 Å². The highest BCUT2D eigenvalue weighted by molar-refractivity contribution is 6.29. The summed E-state index contributed by atoms with van der Waals surface area (Å²) >= 11 is 0. The molecule has 0 spiro atoms. The fraction of sp³-hybridized carbons (Fsp3) is 0.300. The SMILES string of the molecule is [B]c1nccc(N2C3CCC2CN(C(/C=C(\N)c2ccccc2O)=C(N)N)C3)n1. The number of nitrogens with zero attached hydrogens (tertiary/aromatic N) is 4. The van der Waals surface area contributed by atoms with Gasteiger partial charge in [0.1, 0.15) is 17.4 Å². The molecule has 2 bridgehead atoms. The smallest absolute Gasteiger partial charge is 0.170 e. The summed E-state index contributed by atoms with van der Waals surface area (Å²) in [7, 11) is 5.77. The zero-order valence-corrected chi connectivity index (χ0v) is 16.1. The van der Waals surface area contributed by atoms with E-state index in [0.29, 0.717) is 17.0 Å². The maximum absolute atomic E-state index is 10.1. The first kappa shape index (κ1) is 19.0. The van der Waals surface area contributed by atoms with Gasteiger partial charge in [0, 0.05) is 42.6 Å². The van der Waals surface area contributed by atoms with Crippen molar-refractivity contribution < 1.29 is 5.11 Å². The number of allylic oxidation sites excluding steroid dienone is 1. The van der Waals surface area contributed by atoms with Crippen molar-refractivity contribution in [2.45, 2.75) is 24.9 Å². The molecule has 2 aromatic rings. The van der Waals surface area contributed by atoms with Crippen LogP contribution < -0.4 is 27.8 Å². The van der Waals surface area contributed by atoms with E-state index in [1.807, 2.05) is 12.1 Å². The average Bonchev–Trinajstić information content (AvgIpc) is 2.96. The van der Waals surface area contributed by atoms with Gasteiger partial charge in [-0.05, 0) is 37.1 Å². The third-order valence-corrected chi connectivity index (χ3v) is 5.55. The van der Waals surface area contributed by atoms with Crippen molar-refractivity contribution in [1.29, 1.82) is 0 Å². The van der Waals surface area contributed by atoms with E-state index in [1.54, 1.807) is 30.5 Å². The number of aromatic nitrogens is 2. The Morgan fingerprint density at radius 1 is 1.10 bits per heavy atom. The van der Waals surface area contributed by atoms with Crippen molar-refractivity contribution in [1.82, 2.24) is 14.9 Å². The van der Waals surface area contributed by atoms with Crippen molar-refractivity contribution in [2.75, 3.05) is 18.0 Å². The molecule has 9 heteroatoms. The highest BCUT2D eigenvalue weighted by atomic mass is 16.3. The van der Waals surface area contributed by atoms with Crippen molar-refractivity contribution in [3.8, 4) is 5.75 Å². The number of phenols is 1. The Morgan fingerprint density at radius 2 is 1.79 bits per heavy atom. The molecule has 1 aromatic heterocycles. The zero-order chi connectivity index (χ0) is 20.5. The van der Waals surface area contributed by atoms with Crippen LogP contribution in [0.4, 0.5) is 5.82 Å². The second kappa shape index (κ2) is 7.58. The van der Waals surface area contributed by atoms with E-state index < -0.39 is 0 Å². The van der Waals surface area contributed by atoms with Gasteiger partial charge in [0.15, 0.2) is 7.85 Å². The number of rotatable bonds is 4. The first-order valence-electron chi connectivity index (χ1n) is 9.56. The maximum atomic E-state index is 10.1. The molecule has 0 aliphatic carbocycles. The molecule has 2 aliphatic rings. The minimum Gasteiger partial charge on any atom is -0.507 e. The summed E-state index contributed by atoms with van der Waals surface area (Å²) in [6, 6.07) is 9.33. The summed E-state index contributed by atoms with van der Waals surface area (Å²) in [6.07, 6.45) is 5.51. The lowest BCUT2D eigenvalue weighted by molar-refractivity contribution is 0.276. The molecule has 2 atom stereocenters. The normalized spacial score (nSPS) is 21.3. The van der Waals surface area contributed by atoms with Crippen LogP contribution in [0.5, 0.6) is 5.75 Å². The predicted molar refractivity (Wildman–Crippen MR) is 114 cm³/mol. The second-order valence-corrected chi connectivity index (χ2v) is 7.43. The van der Waals surface area contributed by atoms with E-state index in [2.05, 4.69) is 19.8 Å². The molecule has 8 nitrogen and oxygen atoms in total. The van der Waals surface area contributed by atoms with Gasteiger partial charge in [-0.1, -0.05) is 12.1 Å². The summed E-state index contributed by atoms with van der Waals surface area (Å²) in [5.74, 6) is 1.16. The molecule has 2 saturated heterocycles. The third kappa shape index (κ3) is 3.67. The average molecular weight is 389 g/mol.